The predicted molar refractivity (Wildman–Crippen MR) is 60.6 cm³/mol. The van der Waals surface area contributed by atoms with Gasteiger partial charge in [0.25, 0.3) is 0 Å². The first-order chi connectivity index (χ1) is 7.70. The van der Waals surface area contributed by atoms with Crippen molar-refractivity contribution >= 4 is 5.82 Å². The summed E-state index contributed by atoms with van der Waals surface area (Å²) in [4.78, 5) is 3.96. The number of nitrogen functional groups attached to an aromatic ring is 1. The zero-order valence-electron chi connectivity index (χ0n) is 8.77. The fourth-order valence-corrected chi connectivity index (χ4v) is 1.47. The van der Waals surface area contributed by atoms with Crippen LogP contribution in [0, 0.1) is 5.82 Å². The van der Waals surface area contributed by atoms with Crippen LogP contribution in [0.2, 0.25) is 0 Å². The van der Waals surface area contributed by atoms with E-state index in [-0.39, 0.29) is 5.82 Å². The van der Waals surface area contributed by atoms with Crippen LogP contribution in [0.25, 0.3) is 11.1 Å². The summed E-state index contributed by atoms with van der Waals surface area (Å²) >= 11 is 0. The number of halogens is 1. The Labute approximate surface area is 92.7 Å². The lowest BCUT2D eigenvalue weighted by atomic mass is 10.1. The summed E-state index contributed by atoms with van der Waals surface area (Å²) < 4.78 is 18.3. The number of benzene rings is 1. The summed E-state index contributed by atoms with van der Waals surface area (Å²) in [5.41, 5.74) is 6.92. The van der Waals surface area contributed by atoms with Crippen LogP contribution in [-0.4, -0.2) is 12.1 Å². The zero-order chi connectivity index (χ0) is 11.5. The Bertz CT molecular complexity index is 497. The Morgan fingerprint density at radius 1 is 1.25 bits per heavy atom. The standard InChI is InChI=1S/C12H11FN2O/c1-16-11-4-3-9(13)6-10(11)8-2-5-12(14)15-7-8/h2-7H,1H3,(H2,14,15). The van der Waals surface area contributed by atoms with E-state index in [0.717, 1.165) is 5.56 Å². The van der Waals surface area contributed by atoms with E-state index < -0.39 is 0 Å². The van der Waals surface area contributed by atoms with Crippen LogP contribution in [0.4, 0.5) is 10.2 Å². The monoisotopic (exact) mass is 218 g/mol. The second-order valence-corrected chi connectivity index (χ2v) is 3.32. The van der Waals surface area contributed by atoms with Crippen LogP contribution >= 0.6 is 0 Å². The molecule has 0 aliphatic heterocycles. The van der Waals surface area contributed by atoms with Crippen LogP contribution in [0.5, 0.6) is 5.75 Å². The van der Waals surface area contributed by atoms with E-state index in [9.17, 15) is 4.39 Å². The molecule has 1 heterocycles. The number of methoxy groups -OCH3 is 1. The van der Waals surface area contributed by atoms with E-state index in [1.165, 1.54) is 12.1 Å². The van der Waals surface area contributed by atoms with Crippen molar-refractivity contribution in [2.24, 2.45) is 0 Å². The number of anilines is 1. The summed E-state index contributed by atoms with van der Waals surface area (Å²) in [6.45, 7) is 0. The molecule has 0 saturated carbocycles. The highest BCUT2D eigenvalue weighted by molar-refractivity contribution is 5.70. The van der Waals surface area contributed by atoms with E-state index in [0.29, 0.717) is 17.1 Å². The summed E-state index contributed by atoms with van der Waals surface area (Å²) in [5, 5.41) is 0. The molecule has 1 aromatic heterocycles. The fourth-order valence-electron chi connectivity index (χ4n) is 1.47. The normalized spacial score (nSPS) is 10.1. The van der Waals surface area contributed by atoms with Crippen molar-refractivity contribution in [3.8, 4) is 16.9 Å². The smallest absolute Gasteiger partial charge is 0.126 e. The molecule has 0 aliphatic rings. The summed E-state index contributed by atoms with van der Waals surface area (Å²) in [5.74, 6) is 0.722. The molecule has 0 atom stereocenters. The van der Waals surface area contributed by atoms with Gasteiger partial charge in [0, 0.05) is 17.3 Å². The van der Waals surface area contributed by atoms with Gasteiger partial charge in [0.05, 0.1) is 7.11 Å². The average molecular weight is 218 g/mol. The quantitative estimate of drug-likeness (QED) is 0.842. The van der Waals surface area contributed by atoms with Crippen molar-refractivity contribution in [1.29, 1.82) is 0 Å². The Morgan fingerprint density at radius 3 is 2.69 bits per heavy atom. The molecule has 1 aromatic carbocycles. The molecule has 0 bridgehead atoms. The van der Waals surface area contributed by atoms with E-state index in [1.54, 1.807) is 31.5 Å². The molecule has 2 aromatic rings. The SMILES string of the molecule is COc1ccc(F)cc1-c1ccc(N)nc1. The number of rotatable bonds is 2. The Kier molecular flexibility index (Phi) is 2.72. The zero-order valence-corrected chi connectivity index (χ0v) is 8.77. The number of hydrogen-bond donors (Lipinski definition) is 1. The second kappa shape index (κ2) is 4.18. The van der Waals surface area contributed by atoms with Gasteiger partial charge in [-0.1, -0.05) is 0 Å². The molecule has 82 valence electrons. The molecule has 0 aliphatic carbocycles. The second-order valence-electron chi connectivity index (χ2n) is 3.32. The molecule has 2 N–H and O–H groups in total. The van der Waals surface area contributed by atoms with Gasteiger partial charge in [-0.15, -0.1) is 0 Å². The summed E-state index contributed by atoms with van der Waals surface area (Å²) in [6.07, 6.45) is 1.59. The first-order valence-corrected chi connectivity index (χ1v) is 4.76. The molecule has 0 fully saturated rings. The lowest BCUT2D eigenvalue weighted by Crippen LogP contribution is -1.92. The van der Waals surface area contributed by atoms with Crippen molar-refractivity contribution in [2.75, 3.05) is 12.8 Å². The number of pyridine rings is 1. The minimum Gasteiger partial charge on any atom is -0.496 e. The highest BCUT2D eigenvalue weighted by Gasteiger charge is 2.07. The van der Waals surface area contributed by atoms with E-state index >= 15 is 0 Å². The molecule has 3 nitrogen and oxygen atoms in total. The minimum absolute atomic E-state index is 0.312. The number of ether oxygens (including phenoxy) is 1. The molecule has 0 spiro atoms. The molecular weight excluding hydrogens is 207 g/mol. The van der Waals surface area contributed by atoms with Gasteiger partial charge in [-0.3, -0.25) is 0 Å². The van der Waals surface area contributed by atoms with Crippen molar-refractivity contribution in [1.82, 2.24) is 4.98 Å². The minimum atomic E-state index is -0.312. The number of nitrogens with two attached hydrogens (primary N) is 1. The van der Waals surface area contributed by atoms with Crippen LogP contribution in [0.15, 0.2) is 36.5 Å². The van der Waals surface area contributed by atoms with Crippen LogP contribution < -0.4 is 10.5 Å². The maximum absolute atomic E-state index is 13.1. The average Bonchev–Trinajstić information content (AvgIpc) is 2.30. The highest BCUT2D eigenvalue weighted by Crippen LogP contribution is 2.30. The van der Waals surface area contributed by atoms with Gasteiger partial charge in [0.2, 0.25) is 0 Å². The van der Waals surface area contributed by atoms with Crippen LogP contribution in [0.1, 0.15) is 0 Å². The van der Waals surface area contributed by atoms with Crippen molar-refractivity contribution in [2.45, 2.75) is 0 Å². The summed E-state index contributed by atoms with van der Waals surface area (Å²) in [6, 6.07) is 7.79. The molecule has 0 saturated heterocycles. The van der Waals surface area contributed by atoms with Gasteiger partial charge in [-0.05, 0) is 30.3 Å². The topological polar surface area (TPSA) is 48.1 Å². The Hall–Kier alpha value is -2.10. The molecule has 4 heteroatoms. The molecule has 2 rings (SSSR count). The molecule has 0 radical (unpaired) electrons. The maximum atomic E-state index is 13.1. The van der Waals surface area contributed by atoms with Crippen molar-refractivity contribution in [3.05, 3.63) is 42.3 Å². The fraction of sp³-hybridized carbons (Fsp3) is 0.0833. The van der Waals surface area contributed by atoms with Gasteiger partial charge in [0.1, 0.15) is 17.4 Å². The molecule has 16 heavy (non-hydrogen) atoms. The maximum Gasteiger partial charge on any atom is 0.126 e. The largest absolute Gasteiger partial charge is 0.496 e. The lowest BCUT2D eigenvalue weighted by Gasteiger charge is -2.08. The number of hydrogen-bond acceptors (Lipinski definition) is 3. The first kappa shape index (κ1) is 10.4. The van der Waals surface area contributed by atoms with E-state index in [4.69, 9.17) is 10.5 Å². The Balaban J connectivity index is 2.53. The van der Waals surface area contributed by atoms with Crippen molar-refractivity contribution in [3.63, 3.8) is 0 Å². The number of aromatic nitrogens is 1. The number of nitrogens with zero attached hydrogens (tertiary/aromatic N) is 1. The lowest BCUT2D eigenvalue weighted by molar-refractivity contribution is 0.415. The Morgan fingerprint density at radius 2 is 2.06 bits per heavy atom. The third-order valence-corrected chi connectivity index (χ3v) is 2.26. The van der Waals surface area contributed by atoms with Crippen molar-refractivity contribution < 1.29 is 9.13 Å². The third-order valence-electron chi connectivity index (χ3n) is 2.26. The summed E-state index contributed by atoms with van der Waals surface area (Å²) in [7, 11) is 1.54. The third kappa shape index (κ3) is 1.95. The van der Waals surface area contributed by atoms with Gasteiger partial charge in [0.15, 0.2) is 0 Å². The van der Waals surface area contributed by atoms with E-state index in [1.807, 2.05) is 0 Å². The molecular formula is C12H11FN2O. The highest BCUT2D eigenvalue weighted by atomic mass is 19.1. The van der Waals surface area contributed by atoms with Crippen LogP contribution in [-0.2, 0) is 0 Å². The van der Waals surface area contributed by atoms with Gasteiger partial charge in [-0.2, -0.15) is 0 Å². The van der Waals surface area contributed by atoms with Crippen LogP contribution in [0.3, 0.4) is 0 Å². The van der Waals surface area contributed by atoms with Gasteiger partial charge < -0.3 is 10.5 Å². The molecule has 0 amide bonds. The van der Waals surface area contributed by atoms with E-state index in [2.05, 4.69) is 4.98 Å². The predicted octanol–water partition coefficient (Wildman–Crippen LogP) is 2.48. The first-order valence-electron chi connectivity index (χ1n) is 4.76. The van der Waals surface area contributed by atoms with Gasteiger partial charge >= 0.3 is 0 Å². The molecule has 0 unspecified atom stereocenters. The van der Waals surface area contributed by atoms with Gasteiger partial charge in [-0.25, -0.2) is 9.37 Å².